The van der Waals surface area contributed by atoms with Gasteiger partial charge in [-0.25, -0.2) is 13.2 Å². The van der Waals surface area contributed by atoms with Crippen LogP contribution in [-0.4, -0.2) is 32.0 Å². The predicted octanol–water partition coefficient (Wildman–Crippen LogP) is 3.48. The van der Waals surface area contributed by atoms with Crippen LogP contribution in [0.1, 0.15) is 25.8 Å². The lowest BCUT2D eigenvalue weighted by Crippen LogP contribution is -2.46. The first kappa shape index (κ1) is 18.3. The Hall–Kier alpha value is -2.08. The third kappa shape index (κ3) is 4.96. The van der Waals surface area contributed by atoms with E-state index in [-0.39, 0.29) is 11.8 Å². The van der Waals surface area contributed by atoms with E-state index in [0.29, 0.717) is 6.42 Å². The lowest BCUT2D eigenvalue weighted by atomic mass is 10.0. The number of urea groups is 1. The molecule has 5 nitrogen and oxygen atoms in total. The zero-order valence-electron chi connectivity index (χ0n) is 14.5. The number of fused-ring (bicyclic) bond motifs is 1. The molecule has 2 rings (SSSR count). The van der Waals surface area contributed by atoms with Gasteiger partial charge in [0, 0.05) is 17.2 Å². The summed E-state index contributed by atoms with van der Waals surface area (Å²) in [4.78, 5) is 12.4. The van der Waals surface area contributed by atoms with E-state index in [2.05, 4.69) is 10.6 Å². The first-order chi connectivity index (χ1) is 11.1. The Morgan fingerprint density at radius 3 is 2.46 bits per heavy atom. The van der Waals surface area contributed by atoms with E-state index in [1.165, 1.54) is 6.26 Å². The maximum atomic E-state index is 12.4. The highest BCUT2D eigenvalue weighted by Crippen LogP contribution is 2.27. The van der Waals surface area contributed by atoms with Crippen LogP contribution in [0.2, 0.25) is 0 Å². The number of benzene rings is 2. The normalized spacial score (nSPS) is 12.2. The van der Waals surface area contributed by atoms with Gasteiger partial charge in [-0.2, -0.15) is 0 Å². The Labute approximate surface area is 143 Å². The molecule has 0 saturated carbocycles. The standard InChI is InChI=1S/C18H24N2O3S/c1-13-9-10-14-7-5-6-8-15(14)16(13)19-17(21)20-18(2,3)11-12-24(4,22)23/h5-10H,11-12H2,1-4H3,(H2,19,20,21). The van der Waals surface area contributed by atoms with Crippen LogP contribution in [0.5, 0.6) is 0 Å². The zero-order chi connectivity index (χ0) is 18.0. The summed E-state index contributed by atoms with van der Waals surface area (Å²) in [5.74, 6) is 0.0353. The van der Waals surface area contributed by atoms with Gasteiger partial charge in [0.05, 0.1) is 11.4 Å². The number of amides is 2. The molecule has 2 N–H and O–H groups in total. The highest BCUT2D eigenvalue weighted by atomic mass is 32.2. The van der Waals surface area contributed by atoms with Crippen LogP contribution in [0.4, 0.5) is 10.5 Å². The summed E-state index contributed by atoms with van der Waals surface area (Å²) in [5, 5.41) is 7.79. The van der Waals surface area contributed by atoms with Crippen molar-refractivity contribution in [2.75, 3.05) is 17.3 Å². The monoisotopic (exact) mass is 348 g/mol. The van der Waals surface area contributed by atoms with Crippen molar-refractivity contribution >= 4 is 32.3 Å². The van der Waals surface area contributed by atoms with Crippen LogP contribution in [0.25, 0.3) is 10.8 Å². The van der Waals surface area contributed by atoms with Gasteiger partial charge in [0.2, 0.25) is 0 Å². The highest BCUT2D eigenvalue weighted by Gasteiger charge is 2.22. The zero-order valence-corrected chi connectivity index (χ0v) is 15.3. The Bertz CT molecular complexity index is 858. The summed E-state index contributed by atoms with van der Waals surface area (Å²) < 4.78 is 22.6. The van der Waals surface area contributed by atoms with Gasteiger partial charge in [-0.05, 0) is 38.1 Å². The molecule has 0 fully saturated rings. The van der Waals surface area contributed by atoms with Crippen molar-refractivity contribution in [3.05, 3.63) is 42.0 Å². The van der Waals surface area contributed by atoms with Gasteiger partial charge in [0.25, 0.3) is 0 Å². The number of nitrogens with one attached hydrogen (secondary N) is 2. The van der Waals surface area contributed by atoms with E-state index >= 15 is 0 Å². The first-order valence-corrected chi connectivity index (χ1v) is 9.89. The van der Waals surface area contributed by atoms with Gasteiger partial charge in [0.1, 0.15) is 9.84 Å². The minimum Gasteiger partial charge on any atom is -0.333 e. The van der Waals surface area contributed by atoms with Crippen molar-refractivity contribution in [1.82, 2.24) is 5.32 Å². The summed E-state index contributed by atoms with van der Waals surface area (Å²) >= 11 is 0. The molecular formula is C18H24N2O3S. The number of rotatable bonds is 5. The van der Waals surface area contributed by atoms with Gasteiger partial charge >= 0.3 is 6.03 Å². The minimum absolute atomic E-state index is 0.0353. The molecular weight excluding hydrogens is 324 g/mol. The molecule has 0 aliphatic heterocycles. The fourth-order valence-electron chi connectivity index (χ4n) is 2.50. The SMILES string of the molecule is Cc1ccc2ccccc2c1NC(=O)NC(C)(C)CCS(C)(=O)=O. The van der Waals surface area contributed by atoms with Crippen LogP contribution in [-0.2, 0) is 9.84 Å². The molecule has 0 unspecified atom stereocenters. The lowest BCUT2D eigenvalue weighted by molar-refractivity contribution is 0.240. The number of hydrogen-bond donors (Lipinski definition) is 2. The Kier molecular flexibility index (Phi) is 5.18. The van der Waals surface area contributed by atoms with Crippen molar-refractivity contribution in [3.63, 3.8) is 0 Å². The van der Waals surface area contributed by atoms with E-state index in [9.17, 15) is 13.2 Å². The van der Waals surface area contributed by atoms with Crippen molar-refractivity contribution in [2.45, 2.75) is 32.7 Å². The van der Waals surface area contributed by atoms with E-state index in [4.69, 9.17) is 0 Å². The second-order valence-electron chi connectivity index (χ2n) is 6.82. The molecule has 24 heavy (non-hydrogen) atoms. The number of hydrogen-bond acceptors (Lipinski definition) is 3. The fourth-order valence-corrected chi connectivity index (χ4v) is 3.38. The second-order valence-corrected chi connectivity index (χ2v) is 9.08. The molecule has 0 atom stereocenters. The smallest absolute Gasteiger partial charge is 0.319 e. The molecule has 0 bridgehead atoms. The third-order valence-corrected chi connectivity index (χ3v) is 4.87. The van der Waals surface area contributed by atoms with Crippen molar-refractivity contribution < 1.29 is 13.2 Å². The number of aryl methyl sites for hydroxylation is 1. The lowest BCUT2D eigenvalue weighted by Gasteiger charge is -2.26. The predicted molar refractivity (Wildman–Crippen MR) is 99.2 cm³/mol. The summed E-state index contributed by atoms with van der Waals surface area (Å²) in [7, 11) is -3.06. The summed E-state index contributed by atoms with van der Waals surface area (Å²) in [6, 6.07) is 11.5. The fraction of sp³-hybridized carbons (Fsp3) is 0.389. The molecule has 0 saturated heterocycles. The van der Waals surface area contributed by atoms with Crippen molar-refractivity contribution in [1.29, 1.82) is 0 Å². The van der Waals surface area contributed by atoms with E-state index in [1.807, 2.05) is 57.2 Å². The molecule has 0 radical (unpaired) electrons. The van der Waals surface area contributed by atoms with Gasteiger partial charge < -0.3 is 10.6 Å². The summed E-state index contributed by atoms with van der Waals surface area (Å²) in [6.45, 7) is 5.57. The van der Waals surface area contributed by atoms with Crippen LogP contribution >= 0.6 is 0 Å². The van der Waals surface area contributed by atoms with Crippen LogP contribution in [0, 0.1) is 6.92 Å². The average Bonchev–Trinajstić information content (AvgIpc) is 2.47. The molecule has 2 aromatic rings. The maximum absolute atomic E-state index is 12.4. The van der Waals surface area contributed by atoms with E-state index < -0.39 is 15.4 Å². The van der Waals surface area contributed by atoms with Crippen LogP contribution < -0.4 is 10.6 Å². The molecule has 2 aromatic carbocycles. The number of carbonyl (C=O) groups is 1. The third-order valence-electron chi connectivity index (χ3n) is 3.93. The average molecular weight is 348 g/mol. The molecule has 0 aliphatic carbocycles. The first-order valence-electron chi connectivity index (χ1n) is 7.83. The van der Waals surface area contributed by atoms with Crippen molar-refractivity contribution in [2.24, 2.45) is 0 Å². The minimum atomic E-state index is -3.06. The quantitative estimate of drug-likeness (QED) is 0.868. The van der Waals surface area contributed by atoms with Gasteiger partial charge in [-0.15, -0.1) is 0 Å². The van der Waals surface area contributed by atoms with E-state index in [1.54, 1.807) is 0 Å². The molecule has 0 aliphatic rings. The van der Waals surface area contributed by atoms with Gasteiger partial charge in [-0.3, -0.25) is 0 Å². The molecule has 6 heteroatoms. The van der Waals surface area contributed by atoms with Crippen molar-refractivity contribution in [3.8, 4) is 0 Å². The molecule has 130 valence electrons. The second kappa shape index (κ2) is 6.81. The van der Waals surface area contributed by atoms with Gasteiger partial charge in [0.15, 0.2) is 0 Å². The topological polar surface area (TPSA) is 75.3 Å². The highest BCUT2D eigenvalue weighted by molar-refractivity contribution is 7.90. The van der Waals surface area contributed by atoms with Crippen LogP contribution in [0.15, 0.2) is 36.4 Å². The Balaban J connectivity index is 2.14. The van der Waals surface area contributed by atoms with E-state index in [0.717, 1.165) is 22.0 Å². The largest absolute Gasteiger partial charge is 0.333 e. The molecule has 2 amide bonds. The molecule has 0 heterocycles. The molecule has 0 aromatic heterocycles. The Morgan fingerprint density at radius 2 is 1.79 bits per heavy atom. The number of anilines is 1. The molecule has 0 spiro atoms. The summed E-state index contributed by atoms with van der Waals surface area (Å²) in [5.41, 5.74) is 1.12. The Morgan fingerprint density at radius 1 is 1.12 bits per heavy atom. The number of sulfone groups is 1. The van der Waals surface area contributed by atoms with Crippen LogP contribution in [0.3, 0.4) is 0 Å². The summed E-state index contributed by atoms with van der Waals surface area (Å²) in [6.07, 6.45) is 1.55. The van der Waals surface area contributed by atoms with Gasteiger partial charge in [-0.1, -0.05) is 36.4 Å². The number of carbonyl (C=O) groups excluding carboxylic acids is 1. The maximum Gasteiger partial charge on any atom is 0.319 e.